The fourth-order valence-corrected chi connectivity index (χ4v) is 4.07. The molecule has 4 rings (SSSR count). The van der Waals surface area contributed by atoms with Crippen LogP contribution in [-0.2, 0) is 10.2 Å². The third-order valence-electron chi connectivity index (χ3n) is 4.18. The molecule has 3 fully saturated rings. The van der Waals surface area contributed by atoms with Crippen LogP contribution < -0.4 is 5.32 Å². The lowest BCUT2D eigenvalue weighted by molar-refractivity contribution is -0.139. The van der Waals surface area contributed by atoms with Crippen molar-refractivity contribution in [2.45, 2.75) is 56.1 Å². The van der Waals surface area contributed by atoms with E-state index in [4.69, 9.17) is 0 Å². The van der Waals surface area contributed by atoms with Gasteiger partial charge in [0.05, 0.1) is 0 Å². The first-order valence-corrected chi connectivity index (χ1v) is 7.05. The minimum Gasteiger partial charge on any atom is -0.381 e. The van der Waals surface area contributed by atoms with Gasteiger partial charge in [0.15, 0.2) is 0 Å². The summed E-state index contributed by atoms with van der Waals surface area (Å²) < 4.78 is 0. The third-order valence-corrected chi connectivity index (χ3v) is 5.12. The van der Waals surface area contributed by atoms with Gasteiger partial charge in [-0.3, -0.25) is 4.79 Å². The molecule has 0 aliphatic heterocycles. The minimum absolute atomic E-state index is 0. The van der Waals surface area contributed by atoms with Crippen LogP contribution >= 0.6 is 11.3 Å². The average molecular weight is 269 g/mol. The van der Waals surface area contributed by atoms with Crippen LogP contribution in [0.3, 0.4) is 0 Å². The van der Waals surface area contributed by atoms with E-state index in [1.165, 1.54) is 13.8 Å². The highest BCUT2D eigenvalue weighted by atomic mass is 32.1. The molecule has 0 atom stereocenters. The topological polar surface area (TPSA) is 75.1 Å². The second kappa shape index (κ2) is 3.51. The molecule has 0 aromatic carbocycles. The molecule has 0 saturated heterocycles. The Bertz CT molecular complexity index is 478. The Kier molecular flexibility index (Phi) is 2.35. The molecule has 3 aliphatic rings. The van der Waals surface area contributed by atoms with Crippen LogP contribution in [0.15, 0.2) is 5.51 Å². The van der Waals surface area contributed by atoms with E-state index >= 15 is 0 Å². The molecule has 0 unspecified atom stereocenters. The highest BCUT2D eigenvalue weighted by molar-refractivity contribution is 7.09. The van der Waals surface area contributed by atoms with Gasteiger partial charge in [-0.2, -0.15) is 0 Å². The first-order valence-electron chi connectivity index (χ1n) is 6.17. The molecule has 1 aromatic heterocycles. The molecule has 0 radical (unpaired) electrons. The van der Waals surface area contributed by atoms with Crippen molar-refractivity contribution < 1.29 is 11.3 Å². The van der Waals surface area contributed by atoms with Crippen molar-refractivity contribution >= 4 is 17.2 Å². The van der Waals surface area contributed by atoms with E-state index in [1.807, 2.05) is 0 Å². The third kappa shape index (κ3) is 1.66. The minimum atomic E-state index is -1.31. The molecule has 18 heavy (non-hydrogen) atoms. The van der Waals surface area contributed by atoms with Crippen LogP contribution in [-0.4, -0.2) is 32.4 Å². The zero-order chi connectivity index (χ0) is 13.0. The molecule has 0 spiro atoms. The fourth-order valence-electron chi connectivity index (χ4n) is 3.28. The molecule has 2 bridgehead atoms. The number of hydrogen-bond donors (Lipinski definition) is 2. The van der Waals surface area contributed by atoms with Crippen molar-refractivity contribution in [3.05, 3.63) is 10.5 Å². The molecule has 1 heterocycles. The molecule has 1 aromatic rings. The molecule has 5 nitrogen and oxygen atoms in total. The number of rotatable bonds is 3. The van der Waals surface area contributed by atoms with Crippen LogP contribution in [0, 0.1) is 0 Å². The molecule has 3 aliphatic carbocycles. The van der Waals surface area contributed by atoms with Crippen LogP contribution in [0.1, 0.15) is 46.0 Å². The van der Waals surface area contributed by atoms with Crippen LogP contribution in [0.4, 0.5) is 0 Å². The molecule has 1 amide bonds. The van der Waals surface area contributed by atoms with Gasteiger partial charge in [-0.05, 0) is 39.5 Å². The molecule has 6 heteroatoms. The molecule has 3 saturated carbocycles. The largest absolute Gasteiger partial charge is 0.381 e. The monoisotopic (exact) mass is 269 g/mol. The first kappa shape index (κ1) is 12.0. The quantitative estimate of drug-likeness (QED) is 0.865. The smallest absolute Gasteiger partial charge is 0.251 e. The Labute approximate surface area is 111 Å². The van der Waals surface area contributed by atoms with Crippen molar-refractivity contribution in [3.63, 3.8) is 0 Å². The summed E-state index contributed by atoms with van der Waals surface area (Å²) in [5.41, 5.74) is 0.465. The SMILES string of the molecule is CC(C)(O)C(=O)NC12CCC(c3nncs3)(C1)C2.[HH]. The predicted molar refractivity (Wildman–Crippen MR) is 69.3 cm³/mol. The molecular formula is C12H19N3O2S. The Morgan fingerprint density at radius 3 is 2.83 bits per heavy atom. The van der Waals surface area contributed by atoms with Gasteiger partial charge in [0, 0.05) is 12.4 Å². The molecule has 2 N–H and O–H groups in total. The Morgan fingerprint density at radius 2 is 2.28 bits per heavy atom. The summed E-state index contributed by atoms with van der Waals surface area (Å²) in [4.78, 5) is 11.9. The predicted octanol–water partition coefficient (Wildman–Crippen LogP) is 1.24. The van der Waals surface area contributed by atoms with Crippen LogP contribution in [0.25, 0.3) is 0 Å². The van der Waals surface area contributed by atoms with Crippen LogP contribution in [0.2, 0.25) is 0 Å². The normalized spacial score (nSPS) is 34.2. The summed E-state index contributed by atoms with van der Waals surface area (Å²) in [7, 11) is 0. The van der Waals surface area contributed by atoms with Gasteiger partial charge < -0.3 is 10.4 Å². The van der Waals surface area contributed by atoms with Crippen LogP contribution in [0.5, 0.6) is 0 Å². The summed E-state index contributed by atoms with van der Waals surface area (Å²) in [6.45, 7) is 3.04. The lowest BCUT2D eigenvalue weighted by atomic mass is 9.65. The maximum absolute atomic E-state index is 11.9. The van der Waals surface area contributed by atoms with E-state index in [2.05, 4.69) is 15.5 Å². The van der Waals surface area contributed by atoms with E-state index in [-0.39, 0.29) is 18.3 Å². The number of aliphatic hydroxyl groups is 1. The van der Waals surface area contributed by atoms with Gasteiger partial charge >= 0.3 is 0 Å². The summed E-state index contributed by atoms with van der Waals surface area (Å²) in [6.07, 6.45) is 3.87. The molecular weight excluding hydrogens is 250 g/mol. The number of fused-ring (bicyclic) bond motifs is 1. The second-order valence-electron chi connectivity index (χ2n) is 6.17. The zero-order valence-corrected chi connectivity index (χ0v) is 11.4. The summed E-state index contributed by atoms with van der Waals surface area (Å²) >= 11 is 1.60. The van der Waals surface area contributed by atoms with Gasteiger partial charge in [-0.15, -0.1) is 21.5 Å². The number of carbonyl (C=O) groups is 1. The molecule has 100 valence electrons. The van der Waals surface area contributed by atoms with Gasteiger partial charge in [0.1, 0.15) is 16.1 Å². The highest BCUT2D eigenvalue weighted by Gasteiger charge is 2.63. The zero-order valence-electron chi connectivity index (χ0n) is 10.6. The first-order chi connectivity index (χ1) is 8.35. The lowest BCUT2D eigenvalue weighted by Gasteiger charge is -2.47. The highest BCUT2D eigenvalue weighted by Crippen LogP contribution is 2.62. The van der Waals surface area contributed by atoms with Crippen molar-refractivity contribution in [1.82, 2.24) is 15.5 Å². The van der Waals surface area contributed by atoms with Gasteiger partial charge in [0.2, 0.25) is 0 Å². The van der Waals surface area contributed by atoms with Gasteiger partial charge in [-0.25, -0.2) is 0 Å². The van der Waals surface area contributed by atoms with Crippen molar-refractivity contribution in [1.29, 1.82) is 0 Å². The lowest BCUT2D eigenvalue weighted by Crippen LogP contribution is -2.60. The fraction of sp³-hybridized carbons (Fsp3) is 0.750. The van der Waals surface area contributed by atoms with Crippen molar-refractivity contribution in [2.75, 3.05) is 0 Å². The van der Waals surface area contributed by atoms with Gasteiger partial charge in [-0.1, -0.05) is 0 Å². The summed E-state index contributed by atoms with van der Waals surface area (Å²) in [5, 5.41) is 21.9. The van der Waals surface area contributed by atoms with Crippen molar-refractivity contribution in [3.8, 4) is 0 Å². The van der Waals surface area contributed by atoms with Gasteiger partial charge in [0.25, 0.3) is 5.91 Å². The Balaban J connectivity index is 0.00000133. The standard InChI is InChI=1S/C12H17N3O2S.H2/c1-10(2,17)8(16)14-12-4-3-11(5-12,6-12)9-15-13-7-18-9;/h7,17H,3-6H2,1-2H3,(H,14,16);1H. The van der Waals surface area contributed by atoms with Crippen molar-refractivity contribution in [2.24, 2.45) is 0 Å². The summed E-state index contributed by atoms with van der Waals surface area (Å²) in [6, 6.07) is 0. The maximum atomic E-state index is 11.9. The summed E-state index contributed by atoms with van der Waals surface area (Å²) in [5.74, 6) is -0.282. The van der Waals surface area contributed by atoms with E-state index < -0.39 is 5.60 Å². The Hall–Kier alpha value is -1.01. The number of amides is 1. The maximum Gasteiger partial charge on any atom is 0.251 e. The number of hydrogen-bond acceptors (Lipinski definition) is 5. The second-order valence-corrected chi connectivity index (χ2v) is 7.00. The number of carbonyl (C=O) groups excluding carboxylic acids is 1. The van der Waals surface area contributed by atoms with E-state index in [9.17, 15) is 9.90 Å². The van der Waals surface area contributed by atoms with E-state index in [1.54, 1.807) is 16.8 Å². The van der Waals surface area contributed by atoms with E-state index in [0.29, 0.717) is 0 Å². The number of aromatic nitrogens is 2. The average Bonchev–Trinajstić information content (AvgIpc) is 2.86. The number of nitrogens with one attached hydrogen (secondary N) is 1. The Morgan fingerprint density at radius 1 is 1.56 bits per heavy atom. The van der Waals surface area contributed by atoms with E-state index in [0.717, 1.165) is 30.7 Å². The number of nitrogens with zero attached hydrogens (tertiary/aromatic N) is 2.